The van der Waals surface area contributed by atoms with Crippen LogP contribution in [0.5, 0.6) is 5.75 Å². The van der Waals surface area contributed by atoms with Crippen LogP contribution < -0.4 is 10.1 Å². The highest BCUT2D eigenvalue weighted by Crippen LogP contribution is 2.30. The molecule has 0 saturated carbocycles. The zero-order valence-electron chi connectivity index (χ0n) is 13.9. The van der Waals surface area contributed by atoms with Crippen molar-refractivity contribution in [3.05, 3.63) is 23.8 Å². The van der Waals surface area contributed by atoms with Gasteiger partial charge < -0.3 is 10.1 Å². The Balaban J connectivity index is 2.89. The highest BCUT2D eigenvalue weighted by atomic mass is 16.5. The molecule has 0 fully saturated rings. The lowest BCUT2D eigenvalue weighted by Gasteiger charge is -2.16. The maximum atomic E-state index is 12.0. The van der Waals surface area contributed by atoms with Crippen molar-refractivity contribution in [3.63, 3.8) is 0 Å². The largest absolute Gasteiger partial charge is 0.491 e. The highest BCUT2D eigenvalue weighted by Gasteiger charge is 2.13. The molecule has 0 heterocycles. The van der Waals surface area contributed by atoms with Crippen LogP contribution >= 0.6 is 0 Å². The Kier molecular flexibility index (Phi) is 7.88. The third-order valence-electron chi connectivity index (χ3n) is 3.23. The summed E-state index contributed by atoms with van der Waals surface area (Å²) < 4.78 is 5.95. The summed E-state index contributed by atoms with van der Waals surface area (Å²) in [5, 5.41) is 3.00. The summed E-state index contributed by atoms with van der Waals surface area (Å²) in [6.07, 6.45) is 4.69. The molecule has 0 radical (unpaired) electrons. The predicted octanol–water partition coefficient (Wildman–Crippen LogP) is 4.80. The zero-order valence-corrected chi connectivity index (χ0v) is 13.9. The van der Waals surface area contributed by atoms with Crippen molar-refractivity contribution in [2.24, 2.45) is 5.92 Å². The first kappa shape index (κ1) is 17.5. The van der Waals surface area contributed by atoms with E-state index in [4.69, 9.17) is 4.74 Å². The van der Waals surface area contributed by atoms with Crippen LogP contribution in [-0.2, 0) is 11.2 Å². The number of anilines is 1. The van der Waals surface area contributed by atoms with Crippen LogP contribution in [-0.4, -0.2) is 12.5 Å². The number of rotatable bonds is 9. The van der Waals surface area contributed by atoms with Crippen molar-refractivity contribution in [1.29, 1.82) is 0 Å². The van der Waals surface area contributed by atoms with Crippen molar-refractivity contribution >= 4 is 11.6 Å². The van der Waals surface area contributed by atoms with Crippen molar-refractivity contribution in [3.8, 4) is 5.75 Å². The van der Waals surface area contributed by atoms with E-state index in [1.807, 2.05) is 26.0 Å². The average molecular weight is 291 g/mol. The second-order valence-corrected chi connectivity index (χ2v) is 5.89. The molecule has 0 spiro atoms. The summed E-state index contributed by atoms with van der Waals surface area (Å²) in [4.78, 5) is 12.0. The van der Waals surface area contributed by atoms with E-state index in [9.17, 15) is 4.79 Å². The predicted molar refractivity (Wildman–Crippen MR) is 88.9 cm³/mol. The summed E-state index contributed by atoms with van der Waals surface area (Å²) in [6, 6.07) is 6.00. The molecule has 0 aliphatic rings. The fourth-order valence-corrected chi connectivity index (χ4v) is 2.21. The van der Waals surface area contributed by atoms with Gasteiger partial charge in [-0.05, 0) is 30.4 Å². The van der Waals surface area contributed by atoms with Gasteiger partial charge in [-0.3, -0.25) is 4.79 Å². The molecule has 3 heteroatoms. The maximum Gasteiger partial charge on any atom is 0.224 e. The standard InChI is InChI=1S/C18H29NO2/c1-5-7-12-21-18-15(9-6-2)10-8-11-16(18)19-17(20)13-14(3)4/h8,10-11,14H,5-7,9,12-13H2,1-4H3,(H,19,20). The molecule has 0 bridgehead atoms. The number of para-hydroxylation sites is 1. The number of aryl methyl sites for hydroxylation is 1. The number of carbonyl (C=O) groups is 1. The van der Waals surface area contributed by atoms with Crippen LogP contribution in [0.3, 0.4) is 0 Å². The lowest BCUT2D eigenvalue weighted by atomic mass is 10.1. The summed E-state index contributed by atoms with van der Waals surface area (Å²) in [6.45, 7) is 9.09. The topological polar surface area (TPSA) is 38.3 Å². The zero-order chi connectivity index (χ0) is 15.7. The minimum atomic E-state index is 0.0546. The molecule has 0 atom stereocenters. The van der Waals surface area contributed by atoms with E-state index in [2.05, 4.69) is 25.2 Å². The fraction of sp³-hybridized carbons (Fsp3) is 0.611. The first-order valence-corrected chi connectivity index (χ1v) is 8.13. The van der Waals surface area contributed by atoms with Gasteiger partial charge in [-0.2, -0.15) is 0 Å². The number of carbonyl (C=O) groups excluding carboxylic acids is 1. The lowest BCUT2D eigenvalue weighted by molar-refractivity contribution is -0.116. The van der Waals surface area contributed by atoms with Gasteiger partial charge in [-0.1, -0.05) is 52.7 Å². The smallest absolute Gasteiger partial charge is 0.224 e. The van der Waals surface area contributed by atoms with E-state index < -0.39 is 0 Å². The van der Waals surface area contributed by atoms with Crippen LogP contribution in [0, 0.1) is 5.92 Å². The minimum absolute atomic E-state index is 0.0546. The molecule has 118 valence electrons. The SMILES string of the molecule is CCCCOc1c(CCC)cccc1NC(=O)CC(C)C. The summed E-state index contributed by atoms with van der Waals surface area (Å²) >= 11 is 0. The quantitative estimate of drug-likeness (QED) is 0.663. The molecule has 0 aliphatic carbocycles. The Hall–Kier alpha value is -1.51. The molecule has 1 N–H and O–H groups in total. The number of benzene rings is 1. The van der Waals surface area contributed by atoms with E-state index in [0.29, 0.717) is 18.9 Å². The summed E-state index contributed by atoms with van der Waals surface area (Å²) in [5.41, 5.74) is 1.98. The molecule has 1 amide bonds. The molecular weight excluding hydrogens is 262 g/mol. The molecule has 1 aromatic rings. The van der Waals surface area contributed by atoms with Crippen molar-refractivity contribution in [2.45, 2.75) is 59.8 Å². The van der Waals surface area contributed by atoms with Gasteiger partial charge in [-0.15, -0.1) is 0 Å². The van der Waals surface area contributed by atoms with Crippen LogP contribution in [0.25, 0.3) is 0 Å². The minimum Gasteiger partial charge on any atom is -0.491 e. The van der Waals surface area contributed by atoms with Crippen LogP contribution in [0.15, 0.2) is 18.2 Å². The number of nitrogens with one attached hydrogen (secondary N) is 1. The fourth-order valence-electron chi connectivity index (χ4n) is 2.21. The van der Waals surface area contributed by atoms with Gasteiger partial charge in [0, 0.05) is 6.42 Å². The van der Waals surface area contributed by atoms with Crippen molar-refractivity contribution in [2.75, 3.05) is 11.9 Å². The van der Waals surface area contributed by atoms with Crippen molar-refractivity contribution < 1.29 is 9.53 Å². The lowest BCUT2D eigenvalue weighted by Crippen LogP contribution is -2.15. The van der Waals surface area contributed by atoms with Gasteiger partial charge in [-0.25, -0.2) is 0 Å². The monoisotopic (exact) mass is 291 g/mol. The summed E-state index contributed by atoms with van der Waals surface area (Å²) in [7, 11) is 0. The number of hydrogen-bond donors (Lipinski definition) is 1. The molecule has 0 aliphatic heterocycles. The third-order valence-corrected chi connectivity index (χ3v) is 3.23. The molecule has 0 aromatic heterocycles. The Morgan fingerprint density at radius 1 is 1.24 bits per heavy atom. The maximum absolute atomic E-state index is 12.0. The number of hydrogen-bond acceptors (Lipinski definition) is 2. The van der Waals surface area contributed by atoms with Gasteiger partial charge in [0.1, 0.15) is 5.75 Å². The third kappa shape index (κ3) is 6.19. The van der Waals surface area contributed by atoms with E-state index >= 15 is 0 Å². The van der Waals surface area contributed by atoms with Gasteiger partial charge in [0.25, 0.3) is 0 Å². The molecule has 21 heavy (non-hydrogen) atoms. The second-order valence-electron chi connectivity index (χ2n) is 5.89. The number of amides is 1. The normalized spacial score (nSPS) is 10.7. The number of unbranched alkanes of at least 4 members (excludes halogenated alkanes) is 1. The van der Waals surface area contributed by atoms with E-state index in [-0.39, 0.29) is 5.91 Å². The van der Waals surface area contributed by atoms with Crippen molar-refractivity contribution in [1.82, 2.24) is 0 Å². The molecule has 3 nitrogen and oxygen atoms in total. The molecule has 0 saturated heterocycles. The van der Waals surface area contributed by atoms with Gasteiger partial charge in [0.2, 0.25) is 5.91 Å². The Morgan fingerprint density at radius 2 is 2.00 bits per heavy atom. The van der Waals surface area contributed by atoms with E-state index in [1.165, 1.54) is 5.56 Å². The van der Waals surface area contributed by atoms with E-state index in [1.54, 1.807) is 0 Å². The molecule has 1 aromatic carbocycles. The van der Waals surface area contributed by atoms with Crippen LogP contribution in [0.1, 0.15) is 58.9 Å². The number of ether oxygens (including phenoxy) is 1. The van der Waals surface area contributed by atoms with Crippen LogP contribution in [0.4, 0.5) is 5.69 Å². The highest BCUT2D eigenvalue weighted by molar-refractivity contribution is 5.92. The Morgan fingerprint density at radius 3 is 2.62 bits per heavy atom. The Bertz CT molecular complexity index is 441. The second kappa shape index (κ2) is 9.43. The van der Waals surface area contributed by atoms with Gasteiger partial charge in [0.15, 0.2) is 0 Å². The first-order valence-electron chi connectivity index (χ1n) is 8.13. The Labute approximate surface area is 129 Å². The van der Waals surface area contributed by atoms with Gasteiger partial charge >= 0.3 is 0 Å². The van der Waals surface area contributed by atoms with E-state index in [0.717, 1.165) is 37.1 Å². The molecule has 0 unspecified atom stereocenters. The average Bonchev–Trinajstić information content (AvgIpc) is 2.41. The molecular formula is C18H29NO2. The first-order chi connectivity index (χ1) is 10.1. The van der Waals surface area contributed by atoms with Crippen LogP contribution in [0.2, 0.25) is 0 Å². The molecule has 1 rings (SSSR count). The van der Waals surface area contributed by atoms with Gasteiger partial charge in [0.05, 0.1) is 12.3 Å². The summed E-state index contributed by atoms with van der Waals surface area (Å²) in [5.74, 6) is 1.26.